The normalized spacial score (nSPS) is 20.9. The molecule has 1 saturated carbocycles. The molecule has 0 saturated heterocycles. The van der Waals surface area contributed by atoms with Crippen molar-refractivity contribution in [3.63, 3.8) is 0 Å². The lowest BCUT2D eigenvalue weighted by Crippen LogP contribution is -2.39. The molecule has 3 rings (SSSR count). The molecule has 1 aromatic rings. The molecule has 3 nitrogen and oxygen atoms in total. The Balaban J connectivity index is 1.48. The lowest BCUT2D eigenvalue weighted by molar-refractivity contribution is -0.172. The van der Waals surface area contributed by atoms with Crippen molar-refractivity contribution in [1.82, 2.24) is 5.12 Å². The number of hydrogen-bond donors (Lipinski definition) is 0. The Morgan fingerprint density at radius 1 is 0.947 bits per heavy atom. The zero-order valence-electron chi connectivity index (χ0n) is 23.5. The number of allylic oxidation sites excluding steroid dienone is 1. The second-order valence-electron chi connectivity index (χ2n) is 11.2. The summed E-state index contributed by atoms with van der Waals surface area (Å²) in [6, 6.07) is 8.01. The summed E-state index contributed by atoms with van der Waals surface area (Å²) in [5.41, 5.74) is 0.564. The zero-order valence-corrected chi connectivity index (χ0v) is 23.5. The van der Waals surface area contributed by atoms with E-state index in [1.165, 1.54) is 76.1 Å². The van der Waals surface area contributed by atoms with Gasteiger partial charge in [0.05, 0.1) is 0 Å². The molecule has 2 atom stereocenters. The van der Waals surface area contributed by atoms with Crippen molar-refractivity contribution < 1.29 is 18.0 Å². The maximum absolute atomic E-state index is 15.8. The number of rotatable bonds is 19. The van der Waals surface area contributed by atoms with Crippen molar-refractivity contribution in [1.29, 1.82) is 0 Å². The molecule has 1 fully saturated rings. The van der Waals surface area contributed by atoms with Crippen LogP contribution in [-0.2, 0) is 10.7 Å². The van der Waals surface area contributed by atoms with Gasteiger partial charge in [-0.2, -0.15) is 4.39 Å². The minimum absolute atomic E-state index is 0.0498. The molecule has 0 N–H and O–H groups in total. The SMILES string of the molecule is CCCCCCC(F)COC1=C(CCCCCCCCCC2CCCC2)C=NC(F)(c2ccccc2)N1F. The Kier molecular flexibility index (Phi) is 13.6. The molecule has 2 unspecified atom stereocenters. The van der Waals surface area contributed by atoms with Crippen LogP contribution in [0.5, 0.6) is 0 Å². The van der Waals surface area contributed by atoms with Gasteiger partial charge in [-0.3, -0.25) is 0 Å². The molecule has 0 spiro atoms. The van der Waals surface area contributed by atoms with Crippen molar-refractivity contribution in [2.45, 2.75) is 135 Å². The van der Waals surface area contributed by atoms with E-state index in [0.29, 0.717) is 18.4 Å². The topological polar surface area (TPSA) is 24.8 Å². The van der Waals surface area contributed by atoms with Crippen molar-refractivity contribution in [2.24, 2.45) is 10.9 Å². The number of unbranched alkanes of at least 4 members (excludes halogenated alkanes) is 9. The fraction of sp³-hybridized carbons (Fsp3) is 0.719. The van der Waals surface area contributed by atoms with Gasteiger partial charge in [0.25, 0.3) is 0 Å². The predicted molar refractivity (Wildman–Crippen MR) is 151 cm³/mol. The fourth-order valence-corrected chi connectivity index (χ4v) is 5.67. The second-order valence-corrected chi connectivity index (χ2v) is 11.2. The molecule has 6 heteroatoms. The summed E-state index contributed by atoms with van der Waals surface area (Å²) < 4.78 is 51.4. The van der Waals surface area contributed by atoms with E-state index in [1.54, 1.807) is 18.2 Å². The molecule has 0 bridgehead atoms. The van der Waals surface area contributed by atoms with Gasteiger partial charge in [0, 0.05) is 17.4 Å². The molecule has 0 aromatic heterocycles. The fourth-order valence-electron chi connectivity index (χ4n) is 5.67. The van der Waals surface area contributed by atoms with E-state index in [1.807, 2.05) is 0 Å². The number of hydrogen-bond acceptors (Lipinski definition) is 3. The number of ether oxygens (including phenoxy) is 1. The third kappa shape index (κ3) is 9.64. The van der Waals surface area contributed by atoms with Crippen molar-refractivity contribution >= 4 is 6.21 Å². The maximum atomic E-state index is 15.8. The van der Waals surface area contributed by atoms with E-state index in [2.05, 4.69) is 11.9 Å². The van der Waals surface area contributed by atoms with Crippen LogP contribution in [0.1, 0.15) is 128 Å². The summed E-state index contributed by atoms with van der Waals surface area (Å²) in [7, 11) is 0. The van der Waals surface area contributed by atoms with Gasteiger partial charge in [0.2, 0.25) is 5.88 Å². The first-order chi connectivity index (χ1) is 18.5. The minimum Gasteiger partial charge on any atom is -0.474 e. The quantitative estimate of drug-likeness (QED) is 0.100. The third-order valence-electron chi connectivity index (χ3n) is 8.05. The summed E-state index contributed by atoms with van der Waals surface area (Å²) in [5, 5.41) is -0.0498. The first-order valence-electron chi connectivity index (χ1n) is 15.3. The van der Waals surface area contributed by atoms with Crippen LogP contribution in [0.3, 0.4) is 0 Å². The highest BCUT2D eigenvalue weighted by atomic mass is 19.2. The van der Waals surface area contributed by atoms with E-state index in [0.717, 1.165) is 50.9 Å². The van der Waals surface area contributed by atoms with E-state index >= 15 is 8.87 Å². The number of alkyl halides is 2. The molecular formula is C32H49F3N2O. The molecule has 214 valence electrons. The molecule has 1 heterocycles. The van der Waals surface area contributed by atoms with Gasteiger partial charge in [0.1, 0.15) is 12.8 Å². The highest BCUT2D eigenvalue weighted by molar-refractivity contribution is 5.80. The lowest BCUT2D eigenvalue weighted by Gasteiger charge is -2.33. The first-order valence-corrected chi connectivity index (χ1v) is 15.3. The van der Waals surface area contributed by atoms with Crippen LogP contribution in [0.15, 0.2) is 46.8 Å². The van der Waals surface area contributed by atoms with Crippen molar-refractivity contribution in [3.05, 3.63) is 47.4 Å². The van der Waals surface area contributed by atoms with Gasteiger partial charge >= 0.3 is 5.92 Å². The van der Waals surface area contributed by atoms with Gasteiger partial charge in [-0.1, -0.05) is 138 Å². The minimum atomic E-state index is -2.72. The monoisotopic (exact) mass is 534 g/mol. The Morgan fingerprint density at radius 2 is 1.61 bits per heavy atom. The largest absolute Gasteiger partial charge is 0.474 e. The highest BCUT2D eigenvalue weighted by Crippen LogP contribution is 2.40. The van der Waals surface area contributed by atoms with Crippen LogP contribution in [0.25, 0.3) is 0 Å². The number of nitrogens with zero attached hydrogens (tertiary/aromatic N) is 2. The number of halogens is 3. The average molecular weight is 535 g/mol. The Hall–Kier alpha value is -1.98. The average Bonchev–Trinajstić information content (AvgIpc) is 3.46. The van der Waals surface area contributed by atoms with Crippen LogP contribution in [0.4, 0.5) is 13.3 Å². The van der Waals surface area contributed by atoms with E-state index in [9.17, 15) is 4.39 Å². The van der Waals surface area contributed by atoms with E-state index in [4.69, 9.17) is 4.74 Å². The second kappa shape index (κ2) is 16.9. The Labute approximate surface area is 228 Å². The first kappa shape index (κ1) is 30.6. The van der Waals surface area contributed by atoms with Crippen LogP contribution >= 0.6 is 0 Å². The van der Waals surface area contributed by atoms with Crippen molar-refractivity contribution in [2.75, 3.05) is 6.61 Å². The van der Waals surface area contributed by atoms with Gasteiger partial charge in [0.15, 0.2) is 0 Å². The molecule has 2 aliphatic rings. The molecule has 38 heavy (non-hydrogen) atoms. The lowest BCUT2D eigenvalue weighted by atomic mass is 9.98. The van der Waals surface area contributed by atoms with Crippen LogP contribution in [0.2, 0.25) is 0 Å². The maximum Gasteiger partial charge on any atom is 0.333 e. The molecule has 1 aliphatic carbocycles. The van der Waals surface area contributed by atoms with Gasteiger partial charge in [-0.25, -0.2) is 9.38 Å². The molecule has 1 aromatic carbocycles. The van der Waals surface area contributed by atoms with E-state index in [-0.39, 0.29) is 23.2 Å². The Bertz CT molecular complexity index is 840. The molecule has 0 amide bonds. The number of benzene rings is 1. The summed E-state index contributed by atoms with van der Waals surface area (Å²) >= 11 is 0. The van der Waals surface area contributed by atoms with Crippen LogP contribution in [-0.4, -0.2) is 24.1 Å². The van der Waals surface area contributed by atoms with Crippen LogP contribution < -0.4 is 0 Å². The predicted octanol–water partition coefficient (Wildman–Crippen LogP) is 10.3. The third-order valence-corrected chi connectivity index (χ3v) is 8.05. The summed E-state index contributed by atoms with van der Waals surface area (Å²) in [5.74, 6) is -1.98. The molecular weight excluding hydrogens is 485 g/mol. The summed E-state index contributed by atoms with van der Waals surface area (Å²) in [4.78, 5) is 3.95. The standard InChI is InChI=1S/C32H49F3N2O/c1-2-3-4-15-24-30(33)26-38-31-28(25-36-32(34,37(31)35)29-22-13-10-14-23-29)21-12-9-7-5-6-8-11-18-27-19-16-17-20-27/h10,13-14,22-23,25,27,30H,2-9,11-12,15-21,24,26H2,1H3. The molecule has 0 radical (unpaired) electrons. The van der Waals surface area contributed by atoms with E-state index < -0.39 is 12.1 Å². The van der Waals surface area contributed by atoms with Gasteiger partial charge in [-0.05, 0) is 25.2 Å². The van der Waals surface area contributed by atoms with Gasteiger partial charge < -0.3 is 4.74 Å². The smallest absolute Gasteiger partial charge is 0.333 e. The van der Waals surface area contributed by atoms with Crippen molar-refractivity contribution in [3.8, 4) is 0 Å². The van der Waals surface area contributed by atoms with Gasteiger partial charge in [-0.15, -0.1) is 5.12 Å². The molecule has 1 aliphatic heterocycles. The summed E-state index contributed by atoms with van der Waals surface area (Å²) in [6.45, 7) is 1.82. The highest BCUT2D eigenvalue weighted by Gasteiger charge is 2.45. The number of aliphatic imine (C=N–C) groups is 1. The van der Waals surface area contributed by atoms with Crippen LogP contribution in [0, 0.1) is 5.92 Å². The zero-order chi connectivity index (χ0) is 27.1. The Morgan fingerprint density at radius 3 is 2.32 bits per heavy atom. The summed E-state index contributed by atoms with van der Waals surface area (Å²) in [6.07, 6.45) is 20.2.